The summed E-state index contributed by atoms with van der Waals surface area (Å²) in [4.78, 5) is 22.0. The Hall–Kier alpha value is -1.33. The van der Waals surface area contributed by atoms with Gasteiger partial charge >= 0.3 is 11.8 Å². The van der Waals surface area contributed by atoms with Crippen LogP contribution in [0.5, 0.6) is 0 Å². The van der Waals surface area contributed by atoms with Gasteiger partial charge in [0.1, 0.15) is 11.9 Å². The van der Waals surface area contributed by atoms with Gasteiger partial charge in [-0.25, -0.2) is 4.39 Å². The second-order valence-corrected chi connectivity index (χ2v) is 2.45. The molecule has 0 atom stereocenters. The van der Waals surface area contributed by atoms with Gasteiger partial charge in [0.15, 0.2) is 0 Å². The molecule has 1 heterocycles. The van der Waals surface area contributed by atoms with Gasteiger partial charge in [0.05, 0.1) is 0 Å². The maximum atomic E-state index is 12.8. The Bertz CT molecular complexity index is 298. The molecule has 1 rings (SSSR count). The SMILES string of the molecule is CCN1C(=O)/C(=C\F)C(F)(F)C1=O. The first-order valence-electron chi connectivity index (χ1n) is 3.51. The number of carbonyl (C=O) groups is 2. The molecular weight excluding hydrogens is 187 g/mol. The molecule has 0 aromatic carbocycles. The van der Waals surface area contributed by atoms with Gasteiger partial charge in [-0.15, -0.1) is 0 Å². The maximum absolute atomic E-state index is 12.8. The van der Waals surface area contributed by atoms with Crippen molar-refractivity contribution >= 4 is 11.8 Å². The van der Waals surface area contributed by atoms with Crippen LogP contribution in [-0.2, 0) is 9.59 Å². The number of halogens is 3. The largest absolute Gasteiger partial charge is 0.357 e. The van der Waals surface area contributed by atoms with Crippen LogP contribution in [-0.4, -0.2) is 29.2 Å². The standard InChI is InChI=1S/C7H6F3NO2/c1-2-11-5(12)4(3-8)7(9,10)6(11)13/h3H,2H2,1H3/b4-3+. The predicted octanol–water partition coefficient (Wildman–Crippen LogP) is 0.864. The molecule has 0 aromatic heterocycles. The molecule has 1 aliphatic heterocycles. The number of amides is 2. The molecule has 13 heavy (non-hydrogen) atoms. The molecular formula is C7H6F3NO2. The van der Waals surface area contributed by atoms with E-state index < -0.39 is 29.6 Å². The number of imide groups is 1. The summed E-state index contributed by atoms with van der Waals surface area (Å²) in [6.45, 7) is 1.16. The summed E-state index contributed by atoms with van der Waals surface area (Å²) in [5, 5.41) is 0. The average molecular weight is 193 g/mol. The summed E-state index contributed by atoms with van der Waals surface area (Å²) >= 11 is 0. The van der Waals surface area contributed by atoms with Crippen molar-refractivity contribution in [3.05, 3.63) is 11.9 Å². The molecule has 2 amide bonds. The monoisotopic (exact) mass is 193 g/mol. The van der Waals surface area contributed by atoms with Gasteiger partial charge in [0.25, 0.3) is 5.91 Å². The Morgan fingerprint density at radius 1 is 1.46 bits per heavy atom. The van der Waals surface area contributed by atoms with Gasteiger partial charge < -0.3 is 0 Å². The third-order valence-electron chi connectivity index (χ3n) is 1.75. The number of nitrogens with zero attached hydrogens (tertiary/aromatic N) is 1. The van der Waals surface area contributed by atoms with Crippen molar-refractivity contribution < 1.29 is 22.8 Å². The highest BCUT2D eigenvalue weighted by Gasteiger charge is 2.57. The fourth-order valence-electron chi connectivity index (χ4n) is 1.06. The number of alkyl halides is 2. The molecule has 0 N–H and O–H groups in total. The van der Waals surface area contributed by atoms with Gasteiger partial charge in [-0.05, 0) is 6.92 Å². The fourth-order valence-corrected chi connectivity index (χ4v) is 1.06. The topological polar surface area (TPSA) is 37.4 Å². The summed E-state index contributed by atoms with van der Waals surface area (Å²) in [6, 6.07) is 0. The zero-order valence-corrected chi connectivity index (χ0v) is 6.68. The molecule has 0 unspecified atom stereocenters. The van der Waals surface area contributed by atoms with Crippen LogP contribution in [0.2, 0.25) is 0 Å². The summed E-state index contributed by atoms with van der Waals surface area (Å²) in [6.07, 6.45) is -0.518. The van der Waals surface area contributed by atoms with Gasteiger partial charge in [-0.1, -0.05) is 0 Å². The van der Waals surface area contributed by atoms with Crippen molar-refractivity contribution in [1.82, 2.24) is 4.90 Å². The van der Waals surface area contributed by atoms with Crippen molar-refractivity contribution in [2.24, 2.45) is 0 Å². The van der Waals surface area contributed by atoms with E-state index in [4.69, 9.17) is 0 Å². The second kappa shape index (κ2) is 2.86. The number of likely N-dealkylation sites (N-methyl/N-ethyl adjacent to an activating group) is 1. The van der Waals surface area contributed by atoms with Crippen LogP contribution in [0.4, 0.5) is 13.2 Å². The van der Waals surface area contributed by atoms with E-state index in [2.05, 4.69) is 0 Å². The van der Waals surface area contributed by atoms with E-state index in [1.165, 1.54) is 6.92 Å². The van der Waals surface area contributed by atoms with E-state index in [0.29, 0.717) is 4.90 Å². The van der Waals surface area contributed by atoms with Gasteiger partial charge in [-0.2, -0.15) is 8.78 Å². The average Bonchev–Trinajstić information content (AvgIpc) is 2.20. The third-order valence-corrected chi connectivity index (χ3v) is 1.75. The number of rotatable bonds is 1. The van der Waals surface area contributed by atoms with E-state index in [0.717, 1.165) is 0 Å². The van der Waals surface area contributed by atoms with E-state index >= 15 is 0 Å². The van der Waals surface area contributed by atoms with Crippen LogP contribution >= 0.6 is 0 Å². The molecule has 6 heteroatoms. The van der Waals surface area contributed by atoms with Gasteiger partial charge in [-0.3, -0.25) is 14.5 Å². The second-order valence-electron chi connectivity index (χ2n) is 2.45. The Morgan fingerprint density at radius 2 is 2.00 bits per heavy atom. The minimum atomic E-state index is -4.01. The normalized spacial score (nSPS) is 24.6. The van der Waals surface area contributed by atoms with Crippen LogP contribution in [0.25, 0.3) is 0 Å². The lowest BCUT2D eigenvalue weighted by atomic mass is 10.2. The minimum absolute atomic E-state index is 0.190. The van der Waals surface area contributed by atoms with Crippen molar-refractivity contribution in [3.63, 3.8) is 0 Å². The van der Waals surface area contributed by atoms with Crippen molar-refractivity contribution in [3.8, 4) is 0 Å². The van der Waals surface area contributed by atoms with Crippen LogP contribution in [0.15, 0.2) is 11.9 Å². The van der Waals surface area contributed by atoms with Gasteiger partial charge in [0.2, 0.25) is 0 Å². The van der Waals surface area contributed by atoms with Crippen LogP contribution in [0, 0.1) is 0 Å². The van der Waals surface area contributed by atoms with E-state index in [9.17, 15) is 22.8 Å². The minimum Gasteiger partial charge on any atom is -0.273 e. The molecule has 72 valence electrons. The Labute approximate surface area is 71.8 Å². The lowest BCUT2D eigenvalue weighted by Crippen LogP contribution is -2.34. The fraction of sp³-hybridized carbons (Fsp3) is 0.429. The van der Waals surface area contributed by atoms with E-state index in [1.807, 2.05) is 0 Å². The van der Waals surface area contributed by atoms with Crippen LogP contribution in [0.1, 0.15) is 6.92 Å². The summed E-state index contributed by atoms with van der Waals surface area (Å²) < 4.78 is 37.4. The lowest BCUT2D eigenvalue weighted by Gasteiger charge is -2.09. The number of carbonyl (C=O) groups excluding carboxylic acids is 2. The zero-order valence-electron chi connectivity index (χ0n) is 6.68. The van der Waals surface area contributed by atoms with Crippen molar-refractivity contribution in [1.29, 1.82) is 0 Å². The summed E-state index contributed by atoms with van der Waals surface area (Å²) in [5.74, 6) is -6.94. The highest BCUT2D eigenvalue weighted by Crippen LogP contribution is 2.34. The first-order valence-corrected chi connectivity index (χ1v) is 3.51. The number of likely N-dealkylation sites (tertiary alicyclic amines) is 1. The Kier molecular flexibility index (Phi) is 2.15. The molecule has 0 bridgehead atoms. The van der Waals surface area contributed by atoms with E-state index in [1.54, 1.807) is 0 Å². The highest BCUT2D eigenvalue weighted by molar-refractivity contribution is 6.17. The smallest absolute Gasteiger partial charge is 0.273 e. The quantitative estimate of drug-likeness (QED) is 0.457. The number of hydrogen-bond donors (Lipinski definition) is 0. The van der Waals surface area contributed by atoms with Gasteiger partial charge in [0, 0.05) is 6.54 Å². The molecule has 0 spiro atoms. The predicted molar refractivity (Wildman–Crippen MR) is 36.5 cm³/mol. The van der Waals surface area contributed by atoms with Crippen molar-refractivity contribution in [2.45, 2.75) is 12.8 Å². The highest BCUT2D eigenvalue weighted by atomic mass is 19.3. The summed E-state index contributed by atoms with van der Waals surface area (Å²) in [5.41, 5.74) is -1.39. The molecule has 1 aliphatic rings. The Balaban J connectivity index is 3.19. The summed E-state index contributed by atoms with van der Waals surface area (Å²) in [7, 11) is 0. The molecule has 0 aliphatic carbocycles. The maximum Gasteiger partial charge on any atom is 0.357 e. The first-order chi connectivity index (χ1) is 5.96. The van der Waals surface area contributed by atoms with E-state index in [-0.39, 0.29) is 6.54 Å². The van der Waals surface area contributed by atoms with Crippen LogP contribution in [0.3, 0.4) is 0 Å². The molecule has 0 aromatic rings. The third kappa shape index (κ3) is 1.13. The molecule has 1 fully saturated rings. The van der Waals surface area contributed by atoms with Crippen LogP contribution < -0.4 is 0 Å². The van der Waals surface area contributed by atoms with Crippen molar-refractivity contribution in [2.75, 3.05) is 6.54 Å². The number of hydrogen-bond acceptors (Lipinski definition) is 2. The molecule has 1 saturated heterocycles. The Morgan fingerprint density at radius 3 is 2.23 bits per heavy atom. The molecule has 3 nitrogen and oxygen atoms in total. The first kappa shape index (κ1) is 9.76. The molecule has 0 saturated carbocycles. The molecule has 0 radical (unpaired) electrons. The zero-order chi connectivity index (χ0) is 10.2. The lowest BCUT2D eigenvalue weighted by molar-refractivity contribution is -0.148.